The number of hydrogen-bond acceptors (Lipinski definition) is 3. The molecule has 1 aromatic carbocycles. The minimum absolute atomic E-state index is 0.0103. The van der Waals surface area contributed by atoms with Gasteiger partial charge in [-0.1, -0.05) is 25.1 Å². The lowest BCUT2D eigenvalue weighted by Gasteiger charge is -2.40. The number of likely N-dealkylation sites (N-methyl/N-ethyl adjacent to an activating group) is 1. The number of ether oxygens (including phenoxy) is 1. The van der Waals surface area contributed by atoms with Gasteiger partial charge in [0.2, 0.25) is 0 Å². The molecule has 1 atom stereocenters. The Kier molecular flexibility index (Phi) is 5.75. The van der Waals surface area contributed by atoms with Crippen LogP contribution in [0.2, 0.25) is 0 Å². The molecule has 1 unspecified atom stereocenters. The molecule has 1 aromatic rings. The zero-order valence-corrected chi connectivity index (χ0v) is 14.2. The highest BCUT2D eigenvalue weighted by Crippen LogP contribution is 2.35. The average Bonchev–Trinajstić information content (AvgIpc) is 2.43. The van der Waals surface area contributed by atoms with E-state index >= 15 is 0 Å². The summed E-state index contributed by atoms with van der Waals surface area (Å²) in [5, 5.41) is 9.83. The number of rotatable bonds is 5. The maximum absolute atomic E-state index is 14.3. The predicted molar refractivity (Wildman–Crippen MR) is 84.6 cm³/mol. The van der Waals surface area contributed by atoms with Crippen molar-refractivity contribution >= 4 is 12.1 Å². The largest absolute Gasteiger partial charge is 0.479 e. The number of carboxylic acids is 1. The molecule has 5 nitrogen and oxygen atoms in total. The third kappa shape index (κ3) is 3.81. The van der Waals surface area contributed by atoms with Gasteiger partial charge in [0.1, 0.15) is 11.4 Å². The Bertz CT molecular complexity index is 582. The second kappa shape index (κ2) is 6.98. The van der Waals surface area contributed by atoms with Gasteiger partial charge in [-0.3, -0.25) is 4.90 Å². The van der Waals surface area contributed by atoms with Crippen LogP contribution >= 0.6 is 0 Å². The lowest BCUT2D eigenvalue weighted by Crippen LogP contribution is -2.55. The number of carbonyl (C=O) groups is 2. The molecule has 1 N–H and O–H groups in total. The minimum atomic E-state index is -1.82. The fourth-order valence-electron chi connectivity index (χ4n) is 2.58. The van der Waals surface area contributed by atoms with Gasteiger partial charge in [-0.05, 0) is 40.2 Å². The first-order valence-corrected chi connectivity index (χ1v) is 7.59. The van der Waals surface area contributed by atoms with Crippen molar-refractivity contribution in [2.75, 3.05) is 6.54 Å². The summed E-state index contributed by atoms with van der Waals surface area (Å²) >= 11 is 0. The molecule has 0 aliphatic heterocycles. The van der Waals surface area contributed by atoms with E-state index in [0.717, 1.165) is 4.90 Å². The van der Waals surface area contributed by atoms with Crippen molar-refractivity contribution in [3.05, 3.63) is 35.6 Å². The Hall–Kier alpha value is -2.11. The van der Waals surface area contributed by atoms with Gasteiger partial charge in [-0.15, -0.1) is 0 Å². The van der Waals surface area contributed by atoms with Crippen molar-refractivity contribution in [2.45, 2.75) is 52.2 Å². The van der Waals surface area contributed by atoms with E-state index in [1.807, 2.05) is 0 Å². The Morgan fingerprint density at radius 2 is 1.78 bits per heavy atom. The molecular formula is C17H24FNO4. The molecule has 0 fully saturated rings. The van der Waals surface area contributed by atoms with Crippen LogP contribution in [0.4, 0.5) is 9.18 Å². The van der Waals surface area contributed by atoms with Crippen LogP contribution < -0.4 is 0 Å². The molecule has 0 saturated heterocycles. The first-order valence-electron chi connectivity index (χ1n) is 7.59. The van der Waals surface area contributed by atoms with Gasteiger partial charge in [0.05, 0.1) is 0 Å². The van der Waals surface area contributed by atoms with Crippen molar-refractivity contribution in [1.82, 2.24) is 4.90 Å². The maximum Gasteiger partial charge on any atom is 0.411 e. The first kappa shape index (κ1) is 18.9. The van der Waals surface area contributed by atoms with Crippen molar-refractivity contribution in [1.29, 1.82) is 0 Å². The van der Waals surface area contributed by atoms with Crippen LogP contribution in [0.3, 0.4) is 0 Å². The number of carbonyl (C=O) groups excluding carboxylic acids is 1. The molecular weight excluding hydrogens is 301 g/mol. The molecule has 0 radical (unpaired) electrons. The van der Waals surface area contributed by atoms with Gasteiger partial charge in [0, 0.05) is 12.1 Å². The summed E-state index contributed by atoms with van der Waals surface area (Å²) in [5.41, 5.74) is -2.65. The van der Waals surface area contributed by atoms with Crippen molar-refractivity contribution in [3.8, 4) is 0 Å². The van der Waals surface area contributed by atoms with E-state index < -0.39 is 29.0 Å². The van der Waals surface area contributed by atoms with Crippen molar-refractivity contribution in [2.24, 2.45) is 0 Å². The van der Waals surface area contributed by atoms with E-state index in [2.05, 4.69) is 0 Å². The summed E-state index contributed by atoms with van der Waals surface area (Å²) in [7, 11) is 0. The Morgan fingerprint density at radius 1 is 1.22 bits per heavy atom. The van der Waals surface area contributed by atoms with Crippen LogP contribution in [0, 0.1) is 5.82 Å². The first-order chi connectivity index (χ1) is 10.6. The standard InChI is InChI=1S/C17H24FNO4/c1-6-17(14(20)21,12-10-8-9-11-13(12)18)19(7-2)15(22)23-16(3,4)5/h8-11H,6-7H2,1-5H3,(H,20,21). The number of carboxylic acid groups (broad SMARTS) is 1. The summed E-state index contributed by atoms with van der Waals surface area (Å²) in [5.74, 6) is -1.96. The Balaban J connectivity index is 3.48. The highest BCUT2D eigenvalue weighted by Gasteiger charge is 2.49. The van der Waals surface area contributed by atoms with E-state index in [9.17, 15) is 19.1 Å². The maximum atomic E-state index is 14.3. The fourth-order valence-corrected chi connectivity index (χ4v) is 2.58. The number of aliphatic carboxylic acids is 1. The van der Waals surface area contributed by atoms with Gasteiger partial charge in [-0.2, -0.15) is 0 Å². The average molecular weight is 325 g/mol. The predicted octanol–water partition coefficient (Wildman–Crippen LogP) is 3.77. The zero-order valence-electron chi connectivity index (χ0n) is 14.2. The highest BCUT2D eigenvalue weighted by molar-refractivity contribution is 5.86. The molecule has 0 heterocycles. The molecule has 128 valence electrons. The third-order valence-corrected chi connectivity index (χ3v) is 3.58. The lowest BCUT2D eigenvalue weighted by molar-refractivity contribution is -0.152. The van der Waals surface area contributed by atoms with E-state index in [1.54, 1.807) is 40.7 Å². The molecule has 0 bridgehead atoms. The molecule has 0 saturated carbocycles. The van der Waals surface area contributed by atoms with Crippen LogP contribution in [0.15, 0.2) is 24.3 Å². The van der Waals surface area contributed by atoms with E-state index in [4.69, 9.17) is 4.74 Å². The summed E-state index contributed by atoms with van der Waals surface area (Å²) in [4.78, 5) is 25.6. The van der Waals surface area contributed by atoms with Gasteiger partial charge in [0.25, 0.3) is 0 Å². The van der Waals surface area contributed by atoms with E-state index in [1.165, 1.54) is 18.2 Å². The number of halogens is 1. The molecule has 0 aliphatic rings. The Morgan fingerprint density at radius 3 is 2.17 bits per heavy atom. The number of hydrogen-bond donors (Lipinski definition) is 1. The van der Waals surface area contributed by atoms with Crippen LogP contribution in [0.25, 0.3) is 0 Å². The topological polar surface area (TPSA) is 66.8 Å². The smallest absolute Gasteiger partial charge is 0.411 e. The van der Waals surface area contributed by atoms with Gasteiger partial charge in [-0.25, -0.2) is 14.0 Å². The fraction of sp³-hybridized carbons (Fsp3) is 0.529. The highest BCUT2D eigenvalue weighted by atomic mass is 19.1. The van der Waals surface area contributed by atoms with Crippen LogP contribution in [0.1, 0.15) is 46.6 Å². The van der Waals surface area contributed by atoms with E-state index in [-0.39, 0.29) is 18.5 Å². The summed E-state index contributed by atoms with van der Waals surface area (Å²) in [6.45, 7) is 8.39. The third-order valence-electron chi connectivity index (χ3n) is 3.58. The SMILES string of the molecule is CCN(C(=O)OC(C)(C)C)C(CC)(C(=O)O)c1ccccc1F. The summed E-state index contributed by atoms with van der Waals surface area (Å²) < 4.78 is 19.6. The normalized spacial score (nSPS) is 14.0. The number of amides is 1. The van der Waals surface area contributed by atoms with Gasteiger partial charge >= 0.3 is 12.1 Å². The Labute approximate surface area is 136 Å². The molecule has 1 amide bonds. The molecule has 0 aromatic heterocycles. The molecule has 6 heteroatoms. The lowest BCUT2D eigenvalue weighted by atomic mass is 9.85. The van der Waals surface area contributed by atoms with E-state index in [0.29, 0.717) is 0 Å². The van der Waals surface area contributed by atoms with Crippen LogP contribution in [-0.4, -0.2) is 34.2 Å². The van der Waals surface area contributed by atoms with Crippen LogP contribution in [0.5, 0.6) is 0 Å². The van der Waals surface area contributed by atoms with Gasteiger partial charge < -0.3 is 9.84 Å². The van der Waals surface area contributed by atoms with Crippen molar-refractivity contribution < 1.29 is 23.8 Å². The summed E-state index contributed by atoms with van der Waals surface area (Å²) in [6, 6.07) is 5.60. The van der Waals surface area contributed by atoms with Crippen LogP contribution in [-0.2, 0) is 15.1 Å². The molecule has 0 aliphatic carbocycles. The quantitative estimate of drug-likeness (QED) is 0.895. The molecule has 23 heavy (non-hydrogen) atoms. The minimum Gasteiger partial charge on any atom is -0.479 e. The monoisotopic (exact) mass is 325 g/mol. The zero-order chi connectivity index (χ0) is 17.8. The van der Waals surface area contributed by atoms with Crippen molar-refractivity contribution in [3.63, 3.8) is 0 Å². The molecule has 1 rings (SSSR count). The van der Waals surface area contributed by atoms with Gasteiger partial charge in [0.15, 0.2) is 5.54 Å². The summed E-state index contributed by atoms with van der Waals surface area (Å²) in [6.07, 6.45) is -0.774. The second-order valence-corrected chi connectivity index (χ2v) is 6.22. The second-order valence-electron chi connectivity index (χ2n) is 6.22. The number of nitrogens with zero attached hydrogens (tertiary/aromatic N) is 1. The number of benzene rings is 1. The molecule has 0 spiro atoms.